The Morgan fingerprint density at radius 2 is 1.97 bits per heavy atom. The maximum atomic E-state index is 13.1. The van der Waals surface area contributed by atoms with Crippen LogP contribution in [0.2, 0.25) is 0 Å². The molecule has 1 amide bonds. The number of hydrogen-bond donors (Lipinski definition) is 1. The lowest BCUT2D eigenvalue weighted by Gasteiger charge is -2.35. The molecule has 29 heavy (non-hydrogen) atoms. The SMILES string of the molecule is O=C(c1n[nH]c2c1CCC2)N1CCC(n2c(C3CCC3)nc3cccnc32)CC1. The number of carbonyl (C=O) groups excluding carboxylic acids is 1. The van der Waals surface area contributed by atoms with Crippen molar-refractivity contribution in [3.63, 3.8) is 0 Å². The lowest BCUT2D eigenvalue weighted by molar-refractivity contribution is 0.0687. The molecule has 0 radical (unpaired) electrons. The zero-order chi connectivity index (χ0) is 19.4. The first-order valence-electron chi connectivity index (χ1n) is 11.0. The molecule has 0 atom stereocenters. The van der Waals surface area contributed by atoms with Gasteiger partial charge in [0.15, 0.2) is 11.3 Å². The molecule has 1 N–H and O–H groups in total. The smallest absolute Gasteiger partial charge is 0.274 e. The highest BCUT2D eigenvalue weighted by atomic mass is 16.2. The molecule has 3 aliphatic rings. The lowest BCUT2D eigenvalue weighted by Crippen LogP contribution is -2.40. The topological polar surface area (TPSA) is 79.7 Å². The number of fused-ring (bicyclic) bond motifs is 2. The van der Waals surface area contributed by atoms with Crippen LogP contribution in [0.15, 0.2) is 18.3 Å². The van der Waals surface area contributed by atoms with E-state index in [1.807, 2.05) is 17.2 Å². The summed E-state index contributed by atoms with van der Waals surface area (Å²) in [7, 11) is 0. The van der Waals surface area contributed by atoms with E-state index in [1.165, 1.54) is 25.1 Å². The third-order valence-corrected chi connectivity index (χ3v) is 7.07. The summed E-state index contributed by atoms with van der Waals surface area (Å²) in [6, 6.07) is 4.39. The van der Waals surface area contributed by atoms with Crippen LogP contribution in [0.25, 0.3) is 11.2 Å². The fourth-order valence-electron chi connectivity index (χ4n) is 5.23. The Morgan fingerprint density at radius 3 is 2.76 bits per heavy atom. The largest absolute Gasteiger partial charge is 0.337 e. The first-order chi connectivity index (χ1) is 14.3. The van der Waals surface area contributed by atoms with Crippen molar-refractivity contribution in [2.45, 2.75) is 63.3 Å². The minimum atomic E-state index is 0.0932. The minimum absolute atomic E-state index is 0.0932. The van der Waals surface area contributed by atoms with Gasteiger partial charge >= 0.3 is 0 Å². The number of H-pyrrole nitrogens is 1. The van der Waals surface area contributed by atoms with Crippen molar-refractivity contribution >= 4 is 17.1 Å². The van der Waals surface area contributed by atoms with Gasteiger partial charge in [-0.2, -0.15) is 5.10 Å². The molecule has 1 aliphatic heterocycles. The van der Waals surface area contributed by atoms with Crippen molar-refractivity contribution in [3.8, 4) is 0 Å². The van der Waals surface area contributed by atoms with Crippen molar-refractivity contribution in [2.24, 2.45) is 0 Å². The maximum absolute atomic E-state index is 13.1. The van der Waals surface area contributed by atoms with E-state index in [0.717, 1.165) is 67.6 Å². The van der Waals surface area contributed by atoms with E-state index in [9.17, 15) is 4.79 Å². The van der Waals surface area contributed by atoms with Crippen LogP contribution >= 0.6 is 0 Å². The molecule has 7 heteroatoms. The third kappa shape index (κ3) is 2.70. The molecule has 4 heterocycles. The fourth-order valence-corrected chi connectivity index (χ4v) is 5.23. The Labute approximate surface area is 169 Å². The molecule has 7 nitrogen and oxygen atoms in total. The zero-order valence-electron chi connectivity index (χ0n) is 16.6. The molecule has 0 aromatic carbocycles. The summed E-state index contributed by atoms with van der Waals surface area (Å²) in [5.41, 5.74) is 4.96. The second kappa shape index (κ2) is 6.68. The summed E-state index contributed by atoms with van der Waals surface area (Å²) >= 11 is 0. The summed E-state index contributed by atoms with van der Waals surface area (Å²) in [6.45, 7) is 1.53. The van der Waals surface area contributed by atoms with Crippen molar-refractivity contribution < 1.29 is 4.79 Å². The molecule has 0 bridgehead atoms. The number of piperidine rings is 1. The van der Waals surface area contributed by atoms with Crippen LogP contribution in [0.1, 0.15) is 78.1 Å². The zero-order valence-corrected chi connectivity index (χ0v) is 16.6. The third-order valence-electron chi connectivity index (χ3n) is 7.07. The number of aryl methyl sites for hydroxylation is 1. The number of aromatic amines is 1. The van der Waals surface area contributed by atoms with E-state index < -0.39 is 0 Å². The standard InChI is InChI=1S/C22H26N6O/c29-22(19-16-6-2-7-17(16)25-26-19)27-12-9-15(10-13-27)28-20(14-4-1-5-14)24-18-8-3-11-23-21(18)28/h3,8,11,14-15H,1-2,4-7,9-10,12-13H2,(H,25,26). The summed E-state index contributed by atoms with van der Waals surface area (Å²) in [5, 5.41) is 7.41. The van der Waals surface area contributed by atoms with E-state index in [1.54, 1.807) is 0 Å². The highest BCUT2D eigenvalue weighted by Crippen LogP contribution is 2.40. The van der Waals surface area contributed by atoms with E-state index in [0.29, 0.717) is 17.7 Å². The molecule has 150 valence electrons. The number of likely N-dealkylation sites (tertiary alicyclic amines) is 1. The summed E-state index contributed by atoms with van der Waals surface area (Å²) in [5.74, 6) is 1.87. The Hall–Kier alpha value is -2.70. The summed E-state index contributed by atoms with van der Waals surface area (Å²) in [6.07, 6.45) is 10.6. The average Bonchev–Trinajstić information content (AvgIpc) is 3.40. The van der Waals surface area contributed by atoms with Gasteiger partial charge in [-0.1, -0.05) is 6.42 Å². The Bertz CT molecular complexity index is 1070. The molecule has 2 aliphatic carbocycles. The van der Waals surface area contributed by atoms with E-state index in [4.69, 9.17) is 4.98 Å². The van der Waals surface area contributed by atoms with E-state index in [2.05, 4.69) is 25.8 Å². The number of aromatic nitrogens is 5. The van der Waals surface area contributed by atoms with Crippen LogP contribution in [-0.2, 0) is 12.8 Å². The molecule has 1 saturated heterocycles. The molecule has 0 unspecified atom stereocenters. The van der Waals surface area contributed by atoms with Crippen LogP contribution < -0.4 is 0 Å². The molecule has 6 rings (SSSR count). The molecule has 3 aromatic heterocycles. The summed E-state index contributed by atoms with van der Waals surface area (Å²) in [4.78, 5) is 24.7. The number of imidazole rings is 1. The first-order valence-corrected chi connectivity index (χ1v) is 11.0. The van der Waals surface area contributed by atoms with Gasteiger partial charge in [0.05, 0.1) is 0 Å². The predicted molar refractivity (Wildman–Crippen MR) is 109 cm³/mol. The molecular formula is C22H26N6O. The number of rotatable bonds is 3. The summed E-state index contributed by atoms with van der Waals surface area (Å²) < 4.78 is 2.40. The highest BCUT2D eigenvalue weighted by Gasteiger charge is 2.33. The Morgan fingerprint density at radius 1 is 1.10 bits per heavy atom. The van der Waals surface area contributed by atoms with Gasteiger partial charge in [-0.05, 0) is 57.1 Å². The van der Waals surface area contributed by atoms with Gasteiger partial charge in [-0.3, -0.25) is 9.89 Å². The number of nitrogens with zero attached hydrogens (tertiary/aromatic N) is 5. The van der Waals surface area contributed by atoms with Gasteiger partial charge in [0.2, 0.25) is 0 Å². The predicted octanol–water partition coefficient (Wildman–Crippen LogP) is 3.39. The normalized spacial score (nSPS) is 20.2. The molecule has 2 fully saturated rings. The van der Waals surface area contributed by atoms with Crippen LogP contribution in [0.4, 0.5) is 0 Å². The number of hydrogen-bond acceptors (Lipinski definition) is 4. The second-order valence-electron chi connectivity index (χ2n) is 8.72. The molecule has 0 spiro atoms. The Kier molecular flexibility index (Phi) is 3.96. The Balaban J connectivity index is 1.24. The van der Waals surface area contributed by atoms with Crippen molar-refractivity contribution in [1.29, 1.82) is 0 Å². The number of carbonyl (C=O) groups is 1. The van der Waals surface area contributed by atoms with Crippen molar-refractivity contribution in [2.75, 3.05) is 13.1 Å². The van der Waals surface area contributed by atoms with Crippen molar-refractivity contribution in [3.05, 3.63) is 41.1 Å². The highest BCUT2D eigenvalue weighted by molar-refractivity contribution is 5.94. The van der Waals surface area contributed by atoms with E-state index >= 15 is 0 Å². The van der Waals surface area contributed by atoms with Gasteiger partial charge in [-0.15, -0.1) is 0 Å². The lowest BCUT2D eigenvalue weighted by atomic mass is 9.84. The minimum Gasteiger partial charge on any atom is -0.337 e. The molecule has 3 aromatic rings. The van der Waals surface area contributed by atoms with Gasteiger partial charge in [0.25, 0.3) is 5.91 Å². The van der Waals surface area contributed by atoms with E-state index in [-0.39, 0.29) is 5.91 Å². The molecular weight excluding hydrogens is 364 g/mol. The van der Waals surface area contributed by atoms with Gasteiger partial charge in [0.1, 0.15) is 11.3 Å². The monoisotopic (exact) mass is 390 g/mol. The molecule has 1 saturated carbocycles. The quantitative estimate of drug-likeness (QED) is 0.743. The maximum Gasteiger partial charge on any atom is 0.274 e. The second-order valence-corrected chi connectivity index (χ2v) is 8.72. The first kappa shape index (κ1) is 17.2. The fraction of sp³-hybridized carbons (Fsp3) is 0.545. The van der Waals surface area contributed by atoms with Gasteiger partial charge in [0, 0.05) is 42.5 Å². The number of nitrogens with one attached hydrogen (secondary N) is 1. The van der Waals surface area contributed by atoms with Crippen LogP contribution in [-0.4, -0.2) is 48.6 Å². The van der Waals surface area contributed by atoms with Gasteiger partial charge in [-0.25, -0.2) is 9.97 Å². The van der Waals surface area contributed by atoms with Crippen molar-refractivity contribution in [1.82, 2.24) is 29.6 Å². The number of amides is 1. The average molecular weight is 390 g/mol. The van der Waals surface area contributed by atoms with Crippen LogP contribution in [0, 0.1) is 0 Å². The number of pyridine rings is 1. The van der Waals surface area contributed by atoms with Gasteiger partial charge < -0.3 is 9.47 Å². The van der Waals surface area contributed by atoms with Crippen LogP contribution in [0.5, 0.6) is 0 Å². The van der Waals surface area contributed by atoms with Crippen LogP contribution in [0.3, 0.4) is 0 Å².